The topological polar surface area (TPSA) is 21.3 Å². The zero-order chi connectivity index (χ0) is 12.5. The molecule has 0 aromatic heterocycles. The quantitative estimate of drug-likeness (QED) is 0.735. The molecule has 0 bridgehead atoms. The third kappa shape index (κ3) is 6.32. The molecule has 17 heavy (non-hydrogen) atoms. The molecule has 4 heteroatoms. The Bertz CT molecular complexity index is 322. The maximum Gasteiger partial charge on any atom is 0.0613 e. The Labute approximate surface area is 113 Å². The summed E-state index contributed by atoms with van der Waals surface area (Å²) in [6.07, 6.45) is 0. The van der Waals surface area contributed by atoms with Gasteiger partial charge < -0.3 is 10.1 Å². The molecule has 1 aromatic rings. The highest BCUT2D eigenvalue weighted by molar-refractivity contribution is 7.98. The van der Waals surface area contributed by atoms with Gasteiger partial charge in [0.2, 0.25) is 0 Å². The van der Waals surface area contributed by atoms with Crippen LogP contribution in [0.1, 0.15) is 12.5 Å². The van der Waals surface area contributed by atoms with Crippen LogP contribution in [0.25, 0.3) is 0 Å². The van der Waals surface area contributed by atoms with Gasteiger partial charge in [0.15, 0.2) is 0 Å². The number of hydrogen-bond donors (Lipinski definition) is 1. The standard InChI is InChI=1S/C13H20ClNOS/c1-11(9-16-2)15-7-8-17-10-12-5-3-4-6-13(12)14/h3-6,11,15H,7-10H2,1-2H3. The van der Waals surface area contributed by atoms with Gasteiger partial charge in [0.25, 0.3) is 0 Å². The molecule has 1 atom stereocenters. The third-order valence-corrected chi connectivity index (χ3v) is 3.75. The zero-order valence-electron chi connectivity index (χ0n) is 10.4. The van der Waals surface area contributed by atoms with Gasteiger partial charge >= 0.3 is 0 Å². The summed E-state index contributed by atoms with van der Waals surface area (Å²) in [6.45, 7) is 3.89. The van der Waals surface area contributed by atoms with Crippen LogP contribution >= 0.6 is 23.4 Å². The lowest BCUT2D eigenvalue weighted by Crippen LogP contribution is -2.31. The van der Waals surface area contributed by atoms with Crippen LogP contribution in [0, 0.1) is 0 Å². The van der Waals surface area contributed by atoms with E-state index in [1.807, 2.05) is 30.0 Å². The van der Waals surface area contributed by atoms with Crippen molar-refractivity contribution in [2.45, 2.75) is 18.7 Å². The fourth-order valence-electron chi connectivity index (χ4n) is 1.48. The van der Waals surface area contributed by atoms with Crippen LogP contribution in [0.2, 0.25) is 5.02 Å². The van der Waals surface area contributed by atoms with Gasteiger partial charge in [-0.1, -0.05) is 29.8 Å². The van der Waals surface area contributed by atoms with E-state index >= 15 is 0 Å². The molecule has 0 radical (unpaired) electrons. The molecule has 1 aromatic carbocycles. The van der Waals surface area contributed by atoms with E-state index in [4.69, 9.17) is 16.3 Å². The highest BCUT2D eigenvalue weighted by atomic mass is 35.5. The van der Waals surface area contributed by atoms with Gasteiger partial charge in [0.1, 0.15) is 0 Å². The largest absolute Gasteiger partial charge is 0.383 e. The monoisotopic (exact) mass is 273 g/mol. The summed E-state index contributed by atoms with van der Waals surface area (Å²) in [5.74, 6) is 2.05. The van der Waals surface area contributed by atoms with Gasteiger partial charge in [-0.3, -0.25) is 0 Å². The van der Waals surface area contributed by atoms with Crippen molar-refractivity contribution in [1.82, 2.24) is 5.32 Å². The van der Waals surface area contributed by atoms with Crippen molar-refractivity contribution >= 4 is 23.4 Å². The fraction of sp³-hybridized carbons (Fsp3) is 0.538. The lowest BCUT2D eigenvalue weighted by molar-refractivity contribution is 0.173. The third-order valence-electron chi connectivity index (χ3n) is 2.37. The smallest absolute Gasteiger partial charge is 0.0613 e. The van der Waals surface area contributed by atoms with Crippen LogP contribution in [0.15, 0.2) is 24.3 Å². The first-order chi connectivity index (χ1) is 8.24. The molecule has 96 valence electrons. The van der Waals surface area contributed by atoms with E-state index in [0.717, 1.165) is 29.7 Å². The van der Waals surface area contributed by atoms with E-state index in [9.17, 15) is 0 Å². The normalized spacial score (nSPS) is 12.6. The minimum atomic E-state index is 0.418. The Kier molecular flexibility index (Phi) is 7.69. The van der Waals surface area contributed by atoms with Crippen molar-refractivity contribution in [2.75, 3.05) is 26.0 Å². The van der Waals surface area contributed by atoms with Crippen molar-refractivity contribution in [3.8, 4) is 0 Å². The van der Waals surface area contributed by atoms with Crippen molar-refractivity contribution in [3.05, 3.63) is 34.9 Å². The van der Waals surface area contributed by atoms with Gasteiger partial charge in [-0.2, -0.15) is 11.8 Å². The maximum atomic E-state index is 6.08. The van der Waals surface area contributed by atoms with Crippen LogP contribution < -0.4 is 5.32 Å². The molecule has 1 rings (SSSR count). The summed E-state index contributed by atoms with van der Waals surface area (Å²) >= 11 is 7.98. The second kappa shape index (κ2) is 8.81. The van der Waals surface area contributed by atoms with Crippen LogP contribution in [-0.2, 0) is 10.5 Å². The molecule has 0 fully saturated rings. The summed E-state index contributed by atoms with van der Waals surface area (Å²) in [5, 5.41) is 4.27. The number of methoxy groups -OCH3 is 1. The molecule has 2 nitrogen and oxygen atoms in total. The number of thioether (sulfide) groups is 1. The Balaban J connectivity index is 2.10. The van der Waals surface area contributed by atoms with E-state index < -0.39 is 0 Å². The number of ether oxygens (including phenoxy) is 1. The predicted octanol–water partition coefficient (Wildman–Crippen LogP) is 3.20. The zero-order valence-corrected chi connectivity index (χ0v) is 12.0. The van der Waals surface area contributed by atoms with E-state index in [1.54, 1.807) is 7.11 Å². The highest BCUT2D eigenvalue weighted by Crippen LogP contribution is 2.20. The lowest BCUT2D eigenvalue weighted by atomic mass is 10.2. The first kappa shape index (κ1) is 14.8. The molecule has 1 N–H and O–H groups in total. The average Bonchev–Trinajstić information content (AvgIpc) is 2.31. The van der Waals surface area contributed by atoms with Crippen LogP contribution in [-0.4, -0.2) is 32.1 Å². The molecule has 1 unspecified atom stereocenters. The van der Waals surface area contributed by atoms with Crippen molar-refractivity contribution in [2.24, 2.45) is 0 Å². The molecule has 0 amide bonds. The average molecular weight is 274 g/mol. The van der Waals surface area contributed by atoms with Gasteiger partial charge in [0.05, 0.1) is 6.61 Å². The summed E-state index contributed by atoms with van der Waals surface area (Å²) < 4.78 is 5.06. The molecule has 0 saturated carbocycles. The first-order valence-electron chi connectivity index (χ1n) is 5.77. The fourth-order valence-corrected chi connectivity index (χ4v) is 2.64. The summed E-state index contributed by atoms with van der Waals surface area (Å²) in [6, 6.07) is 8.43. The van der Waals surface area contributed by atoms with E-state index in [2.05, 4.69) is 18.3 Å². The molecule has 0 aliphatic rings. The number of rotatable bonds is 8. The molecule has 0 saturated heterocycles. The summed E-state index contributed by atoms with van der Waals surface area (Å²) in [7, 11) is 1.73. The molecule has 0 aliphatic heterocycles. The van der Waals surface area contributed by atoms with Crippen LogP contribution in [0.4, 0.5) is 0 Å². The second-order valence-corrected chi connectivity index (χ2v) is 5.47. The summed E-state index contributed by atoms with van der Waals surface area (Å²) in [5.41, 5.74) is 1.21. The Hall–Kier alpha value is -0.220. The van der Waals surface area contributed by atoms with E-state index in [-0.39, 0.29) is 0 Å². The minimum Gasteiger partial charge on any atom is -0.383 e. The van der Waals surface area contributed by atoms with Crippen LogP contribution in [0.3, 0.4) is 0 Å². The van der Waals surface area contributed by atoms with Gasteiger partial charge in [-0.15, -0.1) is 0 Å². The van der Waals surface area contributed by atoms with E-state index in [1.165, 1.54) is 5.56 Å². The highest BCUT2D eigenvalue weighted by Gasteiger charge is 2.01. The molecule has 0 aliphatic carbocycles. The van der Waals surface area contributed by atoms with Gasteiger partial charge in [-0.05, 0) is 18.6 Å². The Morgan fingerprint density at radius 1 is 1.41 bits per heavy atom. The first-order valence-corrected chi connectivity index (χ1v) is 7.30. The van der Waals surface area contributed by atoms with Crippen molar-refractivity contribution in [3.63, 3.8) is 0 Å². The molecular formula is C13H20ClNOS. The number of halogens is 1. The lowest BCUT2D eigenvalue weighted by Gasteiger charge is -2.12. The SMILES string of the molecule is COCC(C)NCCSCc1ccccc1Cl. The Morgan fingerprint density at radius 3 is 2.88 bits per heavy atom. The van der Waals surface area contributed by atoms with Gasteiger partial charge in [-0.25, -0.2) is 0 Å². The number of benzene rings is 1. The van der Waals surface area contributed by atoms with Crippen molar-refractivity contribution in [1.29, 1.82) is 0 Å². The number of hydrogen-bond acceptors (Lipinski definition) is 3. The maximum absolute atomic E-state index is 6.08. The minimum absolute atomic E-state index is 0.418. The molecule has 0 spiro atoms. The Morgan fingerprint density at radius 2 is 2.18 bits per heavy atom. The molecule has 0 heterocycles. The summed E-state index contributed by atoms with van der Waals surface area (Å²) in [4.78, 5) is 0. The van der Waals surface area contributed by atoms with Crippen molar-refractivity contribution < 1.29 is 4.74 Å². The van der Waals surface area contributed by atoms with Gasteiger partial charge in [0, 0.05) is 36.2 Å². The predicted molar refractivity (Wildman–Crippen MR) is 77.0 cm³/mol. The van der Waals surface area contributed by atoms with E-state index in [0.29, 0.717) is 6.04 Å². The van der Waals surface area contributed by atoms with Crippen LogP contribution in [0.5, 0.6) is 0 Å². The molecular weight excluding hydrogens is 254 g/mol. The number of nitrogens with one attached hydrogen (secondary N) is 1. The second-order valence-electron chi connectivity index (χ2n) is 3.95.